The molecule has 1 saturated heterocycles. The number of methoxy groups -OCH3 is 1. The molecule has 1 N–H and O–H groups in total. The molecule has 0 unspecified atom stereocenters. The Hall–Kier alpha value is -2.65. The van der Waals surface area contributed by atoms with Crippen LogP contribution in [0, 0.1) is 11.3 Å². The fourth-order valence-corrected chi connectivity index (χ4v) is 5.91. The Kier molecular flexibility index (Phi) is 8.46. The van der Waals surface area contributed by atoms with Crippen LogP contribution in [-0.2, 0) is 26.1 Å². The van der Waals surface area contributed by atoms with E-state index in [9.17, 15) is 13.2 Å². The Labute approximate surface area is 191 Å². The van der Waals surface area contributed by atoms with Crippen LogP contribution in [0.2, 0.25) is 0 Å². The third-order valence-corrected chi connectivity index (χ3v) is 8.21. The number of carbonyl (C=O) groups excluding carboxylic acids is 1. The highest BCUT2D eigenvalue weighted by molar-refractivity contribution is 7.91. The van der Waals surface area contributed by atoms with Gasteiger partial charge < -0.3 is 19.5 Å². The summed E-state index contributed by atoms with van der Waals surface area (Å²) in [4.78, 5) is 12.9. The smallest absolute Gasteiger partial charge is 0.252 e. The predicted molar refractivity (Wildman–Crippen MR) is 118 cm³/mol. The summed E-state index contributed by atoms with van der Waals surface area (Å²) in [6.07, 6.45) is 0.763. The third-order valence-electron chi connectivity index (χ3n) is 4.76. The largest absolute Gasteiger partial charge is 0.493 e. The summed E-state index contributed by atoms with van der Waals surface area (Å²) in [5.74, 6) is 0.833. The highest BCUT2D eigenvalue weighted by atomic mass is 32.2. The zero-order valence-electron chi connectivity index (χ0n) is 17.7. The van der Waals surface area contributed by atoms with E-state index in [-0.39, 0.29) is 23.1 Å². The number of carbonyl (C=O) groups is 1. The molecular weight excluding hydrogens is 454 g/mol. The molecule has 2 heterocycles. The molecule has 11 heteroatoms. The van der Waals surface area contributed by atoms with Gasteiger partial charge in [0.05, 0.1) is 45.1 Å². The minimum absolute atomic E-state index is 0.147. The summed E-state index contributed by atoms with van der Waals surface area (Å²) in [7, 11) is -2.02. The number of benzene rings is 1. The van der Waals surface area contributed by atoms with Gasteiger partial charge in [-0.05, 0) is 30.7 Å². The number of nitrogens with one attached hydrogen (secondary N) is 1. The van der Waals surface area contributed by atoms with Crippen LogP contribution in [0.25, 0.3) is 0 Å². The number of thiophene rings is 1. The molecule has 0 radical (unpaired) electrons. The van der Waals surface area contributed by atoms with Crippen molar-refractivity contribution in [2.24, 2.45) is 0 Å². The van der Waals surface area contributed by atoms with E-state index < -0.39 is 10.0 Å². The predicted octanol–water partition coefficient (Wildman–Crippen LogP) is 2.12. The van der Waals surface area contributed by atoms with Crippen LogP contribution in [0.5, 0.6) is 11.5 Å². The van der Waals surface area contributed by atoms with Crippen molar-refractivity contribution in [2.75, 3.05) is 40.0 Å². The van der Waals surface area contributed by atoms with Crippen LogP contribution < -0.4 is 14.8 Å². The number of rotatable bonds is 10. The van der Waals surface area contributed by atoms with Gasteiger partial charge in [-0.15, -0.1) is 11.3 Å². The zero-order valence-corrected chi connectivity index (χ0v) is 19.3. The molecule has 1 fully saturated rings. The third kappa shape index (κ3) is 6.20. The summed E-state index contributed by atoms with van der Waals surface area (Å²) in [5.41, 5.74) is 0.475. The maximum atomic E-state index is 12.7. The van der Waals surface area contributed by atoms with Gasteiger partial charge in [-0.25, -0.2) is 8.42 Å². The molecule has 1 aromatic carbocycles. The summed E-state index contributed by atoms with van der Waals surface area (Å²) in [6, 6.07) is 10.2. The van der Waals surface area contributed by atoms with Gasteiger partial charge in [0.25, 0.3) is 10.0 Å². The van der Waals surface area contributed by atoms with Gasteiger partial charge in [0.15, 0.2) is 11.5 Å². The Morgan fingerprint density at radius 1 is 1.25 bits per heavy atom. The van der Waals surface area contributed by atoms with E-state index in [0.29, 0.717) is 56.4 Å². The Balaban J connectivity index is 1.42. The molecule has 32 heavy (non-hydrogen) atoms. The average Bonchev–Trinajstić information content (AvgIpc) is 3.31. The van der Waals surface area contributed by atoms with Gasteiger partial charge in [-0.1, -0.05) is 0 Å². The number of nitrogens with zero attached hydrogens (tertiary/aromatic N) is 2. The fourth-order valence-electron chi connectivity index (χ4n) is 3.05. The first-order valence-electron chi connectivity index (χ1n) is 10.1. The first-order valence-corrected chi connectivity index (χ1v) is 12.3. The van der Waals surface area contributed by atoms with E-state index in [0.717, 1.165) is 16.2 Å². The number of amides is 1. The molecule has 172 valence electrons. The van der Waals surface area contributed by atoms with E-state index in [1.807, 2.05) is 6.07 Å². The highest BCUT2D eigenvalue weighted by Gasteiger charge is 2.27. The van der Waals surface area contributed by atoms with E-state index in [1.165, 1.54) is 11.4 Å². The second-order valence-electron chi connectivity index (χ2n) is 6.94. The van der Waals surface area contributed by atoms with Crippen LogP contribution in [0.3, 0.4) is 0 Å². The van der Waals surface area contributed by atoms with Crippen molar-refractivity contribution >= 4 is 27.3 Å². The van der Waals surface area contributed by atoms with E-state index >= 15 is 0 Å². The number of hydrogen-bond acceptors (Lipinski definition) is 8. The van der Waals surface area contributed by atoms with Gasteiger partial charge in [0, 0.05) is 30.5 Å². The minimum atomic E-state index is -3.52. The number of hydrogen-bond donors (Lipinski definition) is 1. The van der Waals surface area contributed by atoms with Crippen molar-refractivity contribution in [2.45, 2.75) is 23.6 Å². The molecule has 0 saturated carbocycles. The van der Waals surface area contributed by atoms with Gasteiger partial charge >= 0.3 is 0 Å². The average molecular weight is 480 g/mol. The van der Waals surface area contributed by atoms with Crippen molar-refractivity contribution < 1.29 is 27.4 Å². The van der Waals surface area contributed by atoms with Crippen molar-refractivity contribution in [1.82, 2.24) is 9.62 Å². The molecule has 3 rings (SSSR count). The Morgan fingerprint density at radius 2 is 2.03 bits per heavy atom. The first-order chi connectivity index (χ1) is 15.4. The molecule has 0 atom stereocenters. The van der Waals surface area contributed by atoms with Crippen molar-refractivity contribution in [3.05, 3.63) is 40.8 Å². The molecule has 1 amide bonds. The van der Waals surface area contributed by atoms with Crippen LogP contribution in [0.1, 0.15) is 23.3 Å². The van der Waals surface area contributed by atoms with Gasteiger partial charge in [0.2, 0.25) is 5.91 Å². The second kappa shape index (κ2) is 11.3. The lowest BCUT2D eigenvalue weighted by atomic mass is 10.2. The van der Waals surface area contributed by atoms with E-state index in [1.54, 1.807) is 30.3 Å². The Bertz CT molecular complexity index is 1070. The maximum absolute atomic E-state index is 12.7. The molecule has 2 aromatic rings. The van der Waals surface area contributed by atoms with Crippen molar-refractivity contribution in [1.29, 1.82) is 5.26 Å². The van der Waals surface area contributed by atoms with Gasteiger partial charge in [0.1, 0.15) is 4.21 Å². The van der Waals surface area contributed by atoms with Crippen molar-refractivity contribution in [3.63, 3.8) is 0 Å². The first kappa shape index (κ1) is 24.0. The SMILES string of the molecule is COc1cc(C#N)ccc1OCCCC(=O)NCc1ccc(S(=O)(=O)N2CCOCC2)s1. The Morgan fingerprint density at radius 3 is 2.75 bits per heavy atom. The van der Waals surface area contributed by atoms with E-state index in [4.69, 9.17) is 19.5 Å². The van der Waals surface area contributed by atoms with Gasteiger partial charge in [-0.3, -0.25) is 4.79 Å². The maximum Gasteiger partial charge on any atom is 0.252 e. The lowest BCUT2D eigenvalue weighted by Gasteiger charge is -2.25. The highest BCUT2D eigenvalue weighted by Crippen LogP contribution is 2.28. The lowest BCUT2D eigenvalue weighted by molar-refractivity contribution is -0.121. The standard InChI is InChI=1S/C21H25N3O6S2/c1-28-19-13-16(14-22)4-6-18(19)30-10-2-3-20(25)23-15-17-5-7-21(31-17)32(26,27)24-8-11-29-12-9-24/h4-7,13H,2-3,8-12,15H2,1H3,(H,23,25). The molecular formula is C21H25N3O6S2. The topological polar surface area (TPSA) is 118 Å². The van der Waals surface area contributed by atoms with Crippen LogP contribution in [-0.4, -0.2) is 58.7 Å². The molecule has 0 bridgehead atoms. The summed E-state index contributed by atoms with van der Waals surface area (Å²) in [6.45, 7) is 2.08. The number of nitriles is 1. The van der Waals surface area contributed by atoms with E-state index in [2.05, 4.69) is 5.32 Å². The molecule has 1 aliphatic heterocycles. The summed E-state index contributed by atoms with van der Waals surface area (Å²) in [5, 5.41) is 11.7. The summed E-state index contributed by atoms with van der Waals surface area (Å²) >= 11 is 1.16. The lowest BCUT2D eigenvalue weighted by Crippen LogP contribution is -2.40. The number of sulfonamides is 1. The molecule has 1 aliphatic rings. The van der Waals surface area contributed by atoms with Crippen LogP contribution >= 0.6 is 11.3 Å². The van der Waals surface area contributed by atoms with Gasteiger partial charge in [-0.2, -0.15) is 9.57 Å². The van der Waals surface area contributed by atoms with Crippen LogP contribution in [0.15, 0.2) is 34.5 Å². The number of ether oxygens (including phenoxy) is 3. The fraction of sp³-hybridized carbons (Fsp3) is 0.429. The monoisotopic (exact) mass is 479 g/mol. The number of morpholine rings is 1. The molecule has 0 aliphatic carbocycles. The second-order valence-corrected chi connectivity index (χ2v) is 10.3. The van der Waals surface area contributed by atoms with Crippen LogP contribution in [0.4, 0.5) is 0 Å². The zero-order chi connectivity index (χ0) is 23.0. The molecule has 0 spiro atoms. The van der Waals surface area contributed by atoms with Crippen molar-refractivity contribution in [3.8, 4) is 17.6 Å². The minimum Gasteiger partial charge on any atom is -0.493 e. The summed E-state index contributed by atoms with van der Waals surface area (Å²) < 4.78 is 43.1. The molecule has 1 aromatic heterocycles. The quantitative estimate of drug-likeness (QED) is 0.519. The molecule has 9 nitrogen and oxygen atoms in total. The normalized spacial score (nSPS) is 14.5.